The van der Waals surface area contributed by atoms with E-state index in [1.54, 1.807) is 37.3 Å². The van der Waals surface area contributed by atoms with Crippen LogP contribution in [0.25, 0.3) is 11.1 Å². The molecular weight excluding hydrogens is 332 g/mol. The van der Waals surface area contributed by atoms with E-state index < -0.39 is 0 Å². The summed E-state index contributed by atoms with van der Waals surface area (Å²) in [7, 11) is 0. The second kappa shape index (κ2) is 6.95. The third-order valence-corrected chi connectivity index (χ3v) is 3.94. The first-order valence-corrected chi connectivity index (χ1v) is 8.31. The second-order valence-corrected chi connectivity index (χ2v) is 6.41. The summed E-state index contributed by atoms with van der Waals surface area (Å²) < 4.78 is 5.25. The Bertz CT molecular complexity index is 974. The van der Waals surface area contributed by atoms with Crippen LogP contribution in [0.1, 0.15) is 48.4 Å². The Labute approximate surface area is 150 Å². The van der Waals surface area contributed by atoms with Gasteiger partial charge in [-0.05, 0) is 43.2 Å². The summed E-state index contributed by atoms with van der Waals surface area (Å²) in [6.45, 7) is 7.22. The zero-order valence-electron chi connectivity index (χ0n) is 15.1. The van der Waals surface area contributed by atoms with Crippen molar-refractivity contribution in [1.29, 1.82) is 0 Å². The fourth-order valence-corrected chi connectivity index (χ4v) is 2.63. The zero-order valence-corrected chi connectivity index (χ0v) is 15.1. The SMILES string of the molecule is CC(=O)Nc1ccc(NC(=O)c2cc(C(C)C)nc3onc(C)c23)cc1. The zero-order chi connectivity index (χ0) is 18.8. The van der Waals surface area contributed by atoms with Crippen LogP contribution in [-0.2, 0) is 4.79 Å². The van der Waals surface area contributed by atoms with E-state index >= 15 is 0 Å². The maximum Gasteiger partial charge on any atom is 0.259 e. The van der Waals surface area contributed by atoms with Crippen molar-refractivity contribution in [1.82, 2.24) is 10.1 Å². The molecule has 0 atom stereocenters. The van der Waals surface area contributed by atoms with E-state index in [-0.39, 0.29) is 17.7 Å². The number of benzene rings is 1. The number of carbonyl (C=O) groups is 2. The molecule has 1 aromatic carbocycles. The number of rotatable bonds is 4. The lowest BCUT2D eigenvalue weighted by atomic mass is 10.0. The molecule has 7 heteroatoms. The van der Waals surface area contributed by atoms with Gasteiger partial charge < -0.3 is 15.2 Å². The van der Waals surface area contributed by atoms with Gasteiger partial charge in [-0.2, -0.15) is 0 Å². The van der Waals surface area contributed by atoms with E-state index in [4.69, 9.17) is 4.52 Å². The van der Waals surface area contributed by atoms with Gasteiger partial charge in [-0.25, -0.2) is 4.98 Å². The first-order chi connectivity index (χ1) is 12.3. The predicted molar refractivity (Wildman–Crippen MR) is 99.3 cm³/mol. The highest BCUT2D eigenvalue weighted by molar-refractivity contribution is 6.12. The molecule has 3 aromatic rings. The molecule has 3 rings (SSSR count). The first-order valence-electron chi connectivity index (χ1n) is 8.31. The largest absolute Gasteiger partial charge is 0.336 e. The molecular formula is C19H20N4O3. The van der Waals surface area contributed by atoms with E-state index in [1.807, 2.05) is 13.8 Å². The van der Waals surface area contributed by atoms with E-state index in [2.05, 4.69) is 20.8 Å². The normalized spacial score (nSPS) is 11.0. The number of amides is 2. The average molecular weight is 352 g/mol. The van der Waals surface area contributed by atoms with Gasteiger partial charge in [0.05, 0.1) is 16.6 Å². The Hall–Kier alpha value is -3.22. The number of hydrogen-bond donors (Lipinski definition) is 2. The van der Waals surface area contributed by atoms with Gasteiger partial charge in [-0.1, -0.05) is 19.0 Å². The number of anilines is 2. The minimum Gasteiger partial charge on any atom is -0.336 e. The Morgan fingerprint density at radius 3 is 2.27 bits per heavy atom. The van der Waals surface area contributed by atoms with Gasteiger partial charge in [0.2, 0.25) is 5.91 Å². The number of aryl methyl sites for hydroxylation is 1. The molecule has 134 valence electrons. The number of nitrogens with one attached hydrogen (secondary N) is 2. The average Bonchev–Trinajstić information content (AvgIpc) is 2.96. The van der Waals surface area contributed by atoms with Crippen molar-refractivity contribution < 1.29 is 14.1 Å². The fraction of sp³-hybridized carbons (Fsp3) is 0.263. The van der Waals surface area contributed by atoms with E-state index in [0.717, 1.165) is 5.69 Å². The highest BCUT2D eigenvalue weighted by Gasteiger charge is 2.19. The lowest BCUT2D eigenvalue weighted by molar-refractivity contribution is -0.114. The summed E-state index contributed by atoms with van der Waals surface area (Å²) >= 11 is 0. The van der Waals surface area contributed by atoms with Crippen LogP contribution in [-0.4, -0.2) is 22.0 Å². The van der Waals surface area contributed by atoms with Gasteiger partial charge in [0.25, 0.3) is 11.6 Å². The monoisotopic (exact) mass is 352 g/mol. The van der Waals surface area contributed by atoms with E-state index in [0.29, 0.717) is 33.7 Å². The van der Waals surface area contributed by atoms with Gasteiger partial charge in [0.15, 0.2) is 0 Å². The summed E-state index contributed by atoms with van der Waals surface area (Å²) in [5.74, 6) is -0.267. The lowest BCUT2D eigenvalue weighted by Gasteiger charge is -2.10. The number of fused-ring (bicyclic) bond motifs is 1. The summed E-state index contributed by atoms with van der Waals surface area (Å²) in [4.78, 5) is 28.4. The van der Waals surface area contributed by atoms with Crippen LogP contribution in [0.2, 0.25) is 0 Å². The number of nitrogens with zero attached hydrogens (tertiary/aromatic N) is 2. The molecule has 26 heavy (non-hydrogen) atoms. The number of pyridine rings is 1. The highest BCUT2D eigenvalue weighted by Crippen LogP contribution is 2.26. The molecule has 0 fully saturated rings. The van der Waals surface area contributed by atoms with Crippen LogP contribution in [0, 0.1) is 6.92 Å². The Balaban J connectivity index is 1.92. The Morgan fingerprint density at radius 2 is 1.69 bits per heavy atom. The van der Waals surface area contributed by atoms with Crippen molar-refractivity contribution in [2.24, 2.45) is 0 Å². The standard InChI is InChI=1S/C19H20N4O3/c1-10(2)16-9-15(17-11(3)23-26-19(17)22-16)18(25)21-14-7-5-13(6-8-14)20-12(4)24/h5-10H,1-4H3,(H,20,24)(H,21,25). The van der Waals surface area contributed by atoms with Crippen LogP contribution in [0.5, 0.6) is 0 Å². The molecule has 2 N–H and O–H groups in total. The Morgan fingerprint density at radius 1 is 1.08 bits per heavy atom. The van der Waals surface area contributed by atoms with Crippen molar-refractivity contribution in [3.8, 4) is 0 Å². The van der Waals surface area contributed by atoms with Gasteiger partial charge in [-0.15, -0.1) is 0 Å². The Kier molecular flexibility index (Phi) is 4.71. The van der Waals surface area contributed by atoms with E-state index in [9.17, 15) is 9.59 Å². The van der Waals surface area contributed by atoms with Crippen LogP contribution < -0.4 is 10.6 Å². The van der Waals surface area contributed by atoms with Crippen LogP contribution in [0.15, 0.2) is 34.9 Å². The molecule has 0 radical (unpaired) electrons. The second-order valence-electron chi connectivity index (χ2n) is 6.41. The fourth-order valence-electron chi connectivity index (χ4n) is 2.63. The van der Waals surface area contributed by atoms with Crippen molar-refractivity contribution in [3.63, 3.8) is 0 Å². The van der Waals surface area contributed by atoms with Crippen LogP contribution >= 0.6 is 0 Å². The molecule has 7 nitrogen and oxygen atoms in total. The van der Waals surface area contributed by atoms with Crippen molar-refractivity contribution in [2.45, 2.75) is 33.6 Å². The van der Waals surface area contributed by atoms with Crippen LogP contribution in [0.4, 0.5) is 11.4 Å². The number of carbonyl (C=O) groups excluding carboxylic acids is 2. The third kappa shape index (κ3) is 3.56. The van der Waals surface area contributed by atoms with Crippen molar-refractivity contribution in [2.75, 3.05) is 10.6 Å². The smallest absolute Gasteiger partial charge is 0.259 e. The molecule has 2 aromatic heterocycles. The molecule has 0 bridgehead atoms. The van der Waals surface area contributed by atoms with Gasteiger partial charge >= 0.3 is 0 Å². The number of hydrogen-bond acceptors (Lipinski definition) is 5. The molecule has 0 aliphatic carbocycles. The molecule has 0 unspecified atom stereocenters. The van der Waals surface area contributed by atoms with Gasteiger partial charge in [0, 0.05) is 24.0 Å². The molecule has 0 saturated carbocycles. The molecule has 2 heterocycles. The predicted octanol–water partition coefficient (Wildman–Crippen LogP) is 3.87. The molecule has 0 saturated heterocycles. The van der Waals surface area contributed by atoms with E-state index in [1.165, 1.54) is 6.92 Å². The minimum absolute atomic E-state index is 0.147. The highest BCUT2D eigenvalue weighted by atomic mass is 16.5. The summed E-state index contributed by atoms with van der Waals surface area (Å²) in [6.07, 6.45) is 0. The quantitative estimate of drug-likeness (QED) is 0.743. The minimum atomic E-state index is -0.266. The summed E-state index contributed by atoms with van der Waals surface area (Å²) in [5.41, 5.74) is 3.50. The summed E-state index contributed by atoms with van der Waals surface area (Å²) in [5, 5.41) is 10.1. The first kappa shape index (κ1) is 17.6. The summed E-state index contributed by atoms with van der Waals surface area (Å²) in [6, 6.07) is 8.68. The van der Waals surface area contributed by atoms with Crippen LogP contribution in [0.3, 0.4) is 0 Å². The molecule has 0 aliphatic rings. The maximum absolute atomic E-state index is 12.8. The van der Waals surface area contributed by atoms with Crippen molar-refractivity contribution in [3.05, 3.63) is 47.3 Å². The number of aromatic nitrogens is 2. The third-order valence-electron chi connectivity index (χ3n) is 3.94. The lowest BCUT2D eigenvalue weighted by Crippen LogP contribution is -2.14. The van der Waals surface area contributed by atoms with Crippen molar-refractivity contribution >= 4 is 34.3 Å². The molecule has 0 spiro atoms. The van der Waals surface area contributed by atoms with Gasteiger partial charge in [-0.3, -0.25) is 9.59 Å². The maximum atomic E-state index is 12.8. The molecule has 0 aliphatic heterocycles. The molecule has 2 amide bonds. The topological polar surface area (TPSA) is 97.1 Å². The van der Waals surface area contributed by atoms with Gasteiger partial charge in [0.1, 0.15) is 0 Å².